The average Bonchev–Trinajstić information content (AvgIpc) is 2.40. The molecule has 1 aliphatic rings. The standard InChI is InChI=1S/C15H26N2O3/c1-4-17(12-8-6-5-7-9-12)13(18)10-16-14(11(2)3)15(19)20/h8,11,14,16H,4-7,9-10H2,1-3H3,(H,19,20). The zero-order valence-corrected chi connectivity index (χ0v) is 12.7. The highest BCUT2D eigenvalue weighted by Crippen LogP contribution is 2.20. The minimum absolute atomic E-state index is 0.0486. The molecule has 0 saturated heterocycles. The van der Waals surface area contributed by atoms with Crippen molar-refractivity contribution in [1.29, 1.82) is 0 Å². The second-order valence-corrected chi connectivity index (χ2v) is 5.52. The summed E-state index contributed by atoms with van der Waals surface area (Å²) in [5.41, 5.74) is 1.09. The Labute approximate surface area is 121 Å². The third kappa shape index (κ3) is 4.63. The molecule has 0 bridgehead atoms. The number of amides is 1. The number of nitrogens with one attached hydrogen (secondary N) is 1. The normalized spacial score (nSPS) is 16.7. The largest absolute Gasteiger partial charge is 0.480 e. The van der Waals surface area contributed by atoms with E-state index in [-0.39, 0.29) is 18.4 Å². The molecule has 0 spiro atoms. The van der Waals surface area contributed by atoms with Crippen LogP contribution in [0, 0.1) is 5.92 Å². The van der Waals surface area contributed by atoms with Crippen LogP contribution in [0.3, 0.4) is 0 Å². The van der Waals surface area contributed by atoms with Gasteiger partial charge in [0.25, 0.3) is 0 Å². The topological polar surface area (TPSA) is 69.6 Å². The predicted octanol–water partition coefficient (Wildman–Crippen LogP) is 1.99. The number of aliphatic carboxylic acids is 1. The third-order valence-electron chi connectivity index (χ3n) is 3.64. The first-order valence-electron chi connectivity index (χ1n) is 7.43. The van der Waals surface area contributed by atoms with Gasteiger partial charge in [-0.15, -0.1) is 0 Å². The summed E-state index contributed by atoms with van der Waals surface area (Å²) in [6.45, 7) is 6.31. The molecule has 0 fully saturated rings. The van der Waals surface area contributed by atoms with E-state index in [9.17, 15) is 9.59 Å². The van der Waals surface area contributed by atoms with Crippen LogP contribution in [0.2, 0.25) is 0 Å². The quantitative estimate of drug-likeness (QED) is 0.749. The molecule has 0 aromatic carbocycles. The van der Waals surface area contributed by atoms with Crippen molar-refractivity contribution in [3.05, 3.63) is 11.8 Å². The Bertz CT molecular complexity index is 377. The lowest BCUT2D eigenvalue weighted by Gasteiger charge is -2.27. The molecule has 0 aliphatic heterocycles. The molecule has 0 aromatic rings. The fourth-order valence-electron chi connectivity index (χ4n) is 2.51. The molecule has 1 rings (SSSR count). The molecule has 0 aromatic heterocycles. The van der Waals surface area contributed by atoms with E-state index >= 15 is 0 Å². The summed E-state index contributed by atoms with van der Waals surface area (Å²) < 4.78 is 0. The number of hydrogen-bond acceptors (Lipinski definition) is 3. The average molecular weight is 282 g/mol. The molecule has 1 unspecified atom stereocenters. The van der Waals surface area contributed by atoms with E-state index in [1.54, 1.807) is 4.90 Å². The Hall–Kier alpha value is -1.36. The van der Waals surface area contributed by atoms with Crippen LogP contribution in [0.25, 0.3) is 0 Å². The van der Waals surface area contributed by atoms with Crippen molar-refractivity contribution in [3.63, 3.8) is 0 Å². The van der Waals surface area contributed by atoms with Gasteiger partial charge >= 0.3 is 5.97 Å². The summed E-state index contributed by atoms with van der Waals surface area (Å²) in [5, 5.41) is 12.0. The van der Waals surface area contributed by atoms with Crippen molar-refractivity contribution >= 4 is 11.9 Å². The maximum absolute atomic E-state index is 12.3. The van der Waals surface area contributed by atoms with Gasteiger partial charge in [-0.1, -0.05) is 19.9 Å². The number of allylic oxidation sites excluding steroid dienone is 2. The fraction of sp³-hybridized carbons (Fsp3) is 0.733. The van der Waals surface area contributed by atoms with E-state index in [0.717, 1.165) is 25.0 Å². The first-order valence-corrected chi connectivity index (χ1v) is 7.43. The van der Waals surface area contributed by atoms with Gasteiger partial charge in [-0.3, -0.25) is 14.9 Å². The summed E-state index contributed by atoms with van der Waals surface area (Å²) >= 11 is 0. The monoisotopic (exact) mass is 282 g/mol. The van der Waals surface area contributed by atoms with Crippen LogP contribution in [0.5, 0.6) is 0 Å². The van der Waals surface area contributed by atoms with Crippen molar-refractivity contribution in [2.24, 2.45) is 5.92 Å². The van der Waals surface area contributed by atoms with Gasteiger partial charge in [-0.25, -0.2) is 0 Å². The van der Waals surface area contributed by atoms with Gasteiger partial charge in [0.2, 0.25) is 5.91 Å². The first-order chi connectivity index (χ1) is 9.47. The number of hydrogen-bond donors (Lipinski definition) is 2. The Balaban J connectivity index is 2.59. The molecule has 5 heteroatoms. The molecular weight excluding hydrogens is 256 g/mol. The SMILES string of the molecule is CCN(C(=O)CNC(C(=O)O)C(C)C)C1=CCCCC1. The molecule has 5 nitrogen and oxygen atoms in total. The molecular formula is C15H26N2O3. The predicted molar refractivity (Wildman–Crippen MR) is 78.2 cm³/mol. The van der Waals surface area contributed by atoms with Gasteiger partial charge in [0.05, 0.1) is 6.54 Å². The van der Waals surface area contributed by atoms with Crippen LogP contribution < -0.4 is 5.32 Å². The number of likely N-dealkylation sites (N-methyl/N-ethyl adjacent to an activating group) is 1. The Kier molecular flexibility index (Phi) is 6.71. The highest BCUT2D eigenvalue weighted by Gasteiger charge is 2.24. The van der Waals surface area contributed by atoms with Gasteiger partial charge in [-0.05, 0) is 38.5 Å². The van der Waals surface area contributed by atoms with E-state index < -0.39 is 12.0 Å². The second kappa shape index (κ2) is 8.04. The number of rotatable bonds is 7. The Morgan fingerprint density at radius 1 is 1.40 bits per heavy atom. The van der Waals surface area contributed by atoms with E-state index in [2.05, 4.69) is 11.4 Å². The lowest BCUT2D eigenvalue weighted by atomic mass is 10.0. The first kappa shape index (κ1) is 16.7. The van der Waals surface area contributed by atoms with E-state index in [4.69, 9.17) is 5.11 Å². The van der Waals surface area contributed by atoms with Gasteiger partial charge in [0.15, 0.2) is 0 Å². The lowest BCUT2D eigenvalue weighted by Crippen LogP contribution is -2.46. The van der Waals surface area contributed by atoms with Crippen LogP contribution in [0.4, 0.5) is 0 Å². The van der Waals surface area contributed by atoms with Gasteiger partial charge in [-0.2, -0.15) is 0 Å². The van der Waals surface area contributed by atoms with Gasteiger partial charge in [0.1, 0.15) is 6.04 Å². The van der Waals surface area contributed by atoms with Gasteiger partial charge < -0.3 is 10.0 Å². The van der Waals surface area contributed by atoms with E-state index in [0.29, 0.717) is 6.54 Å². The zero-order chi connectivity index (χ0) is 15.1. The summed E-state index contributed by atoms with van der Waals surface area (Å²) in [6.07, 6.45) is 6.39. The molecule has 114 valence electrons. The molecule has 1 amide bonds. The third-order valence-corrected chi connectivity index (χ3v) is 3.64. The van der Waals surface area contributed by atoms with Crippen LogP contribution in [0.15, 0.2) is 11.8 Å². The number of carbonyl (C=O) groups excluding carboxylic acids is 1. The maximum atomic E-state index is 12.3. The van der Waals surface area contributed by atoms with Gasteiger partial charge in [0, 0.05) is 12.2 Å². The van der Waals surface area contributed by atoms with Crippen molar-refractivity contribution < 1.29 is 14.7 Å². The van der Waals surface area contributed by atoms with Crippen molar-refractivity contribution in [2.45, 2.75) is 52.5 Å². The molecule has 0 heterocycles. The van der Waals surface area contributed by atoms with Crippen LogP contribution in [-0.4, -0.2) is 41.0 Å². The Morgan fingerprint density at radius 3 is 2.55 bits per heavy atom. The van der Waals surface area contributed by atoms with E-state index in [1.165, 1.54) is 6.42 Å². The van der Waals surface area contributed by atoms with Crippen molar-refractivity contribution in [1.82, 2.24) is 10.2 Å². The minimum atomic E-state index is -0.910. The molecule has 0 saturated carbocycles. The molecule has 2 N–H and O–H groups in total. The number of carboxylic acid groups (broad SMARTS) is 1. The highest BCUT2D eigenvalue weighted by atomic mass is 16.4. The zero-order valence-electron chi connectivity index (χ0n) is 12.7. The number of carboxylic acids is 1. The molecule has 1 aliphatic carbocycles. The van der Waals surface area contributed by atoms with Crippen molar-refractivity contribution in [2.75, 3.05) is 13.1 Å². The lowest BCUT2D eigenvalue weighted by molar-refractivity contribution is -0.140. The van der Waals surface area contributed by atoms with Crippen LogP contribution >= 0.6 is 0 Å². The smallest absolute Gasteiger partial charge is 0.320 e. The fourth-order valence-corrected chi connectivity index (χ4v) is 2.51. The van der Waals surface area contributed by atoms with Crippen molar-refractivity contribution in [3.8, 4) is 0 Å². The summed E-state index contributed by atoms with van der Waals surface area (Å²) in [7, 11) is 0. The van der Waals surface area contributed by atoms with E-state index in [1.807, 2.05) is 20.8 Å². The molecule has 20 heavy (non-hydrogen) atoms. The summed E-state index contributed by atoms with van der Waals surface area (Å²) in [6, 6.07) is -0.682. The molecule has 0 radical (unpaired) electrons. The summed E-state index contributed by atoms with van der Waals surface area (Å²) in [4.78, 5) is 25.1. The highest BCUT2D eigenvalue weighted by molar-refractivity contribution is 5.81. The number of carbonyl (C=O) groups is 2. The molecule has 1 atom stereocenters. The van der Waals surface area contributed by atoms with Crippen LogP contribution in [0.1, 0.15) is 46.5 Å². The minimum Gasteiger partial charge on any atom is -0.480 e. The second-order valence-electron chi connectivity index (χ2n) is 5.52. The maximum Gasteiger partial charge on any atom is 0.320 e. The van der Waals surface area contributed by atoms with Crippen LogP contribution in [-0.2, 0) is 9.59 Å². The number of nitrogens with zero attached hydrogens (tertiary/aromatic N) is 1. The Morgan fingerprint density at radius 2 is 2.10 bits per heavy atom. The summed E-state index contributed by atoms with van der Waals surface area (Å²) in [5.74, 6) is -1.01.